The number of piperidine rings is 1. The molecule has 0 spiro atoms. The third-order valence-electron chi connectivity index (χ3n) is 7.66. The number of hydrogen-bond donors (Lipinski definition) is 1. The highest BCUT2D eigenvalue weighted by Crippen LogP contribution is 2.42. The molecule has 40 heavy (non-hydrogen) atoms. The lowest BCUT2D eigenvalue weighted by molar-refractivity contribution is -0.114. The lowest BCUT2D eigenvalue weighted by atomic mass is 10.00. The summed E-state index contributed by atoms with van der Waals surface area (Å²) in [4.78, 5) is 32.4. The van der Waals surface area contributed by atoms with Gasteiger partial charge in [-0.05, 0) is 85.8 Å². The topological polar surface area (TPSA) is 52.7 Å². The Bertz CT molecular complexity index is 1370. The Morgan fingerprint density at radius 3 is 2.70 bits per heavy atom. The molecule has 1 saturated heterocycles. The minimum absolute atomic E-state index is 0.0514. The highest BCUT2D eigenvalue weighted by atomic mass is 35.5. The number of halogens is 1. The zero-order valence-corrected chi connectivity index (χ0v) is 24.5. The fourth-order valence-electron chi connectivity index (χ4n) is 5.52. The molecule has 3 aromatic carbocycles. The summed E-state index contributed by atoms with van der Waals surface area (Å²) in [6.45, 7) is 5.58. The van der Waals surface area contributed by atoms with Gasteiger partial charge in [-0.1, -0.05) is 73.1 Å². The Hall–Kier alpha value is -3.06. The summed E-state index contributed by atoms with van der Waals surface area (Å²) >= 11 is 7.67. The first kappa shape index (κ1) is 28.5. The Labute approximate surface area is 246 Å². The summed E-state index contributed by atoms with van der Waals surface area (Å²) in [6, 6.07) is 23.7. The van der Waals surface area contributed by atoms with Gasteiger partial charge in [0.15, 0.2) is 0 Å². The molecular weight excluding hydrogens is 538 g/mol. The minimum Gasteiger partial charge on any atom is -0.352 e. The number of carbonyl (C=O) groups excluding carboxylic acids is 2. The molecule has 2 heterocycles. The fourth-order valence-corrected chi connectivity index (χ4v) is 6.79. The first-order valence-corrected chi connectivity index (χ1v) is 15.4. The third kappa shape index (κ3) is 6.98. The number of benzene rings is 3. The molecule has 0 radical (unpaired) electrons. The normalized spacial score (nSPS) is 18.6. The van der Waals surface area contributed by atoms with Crippen molar-refractivity contribution >= 4 is 46.9 Å². The number of rotatable bonds is 9. The van der Waals surface area contributed by atoms with E-state index in [1.807, 2.05) is 78.9 Å². The van der Waals surface area contributed by atoms with Crippen LogP contribution in [0.3, 0.4) is 0 Å². The van der Waals surface area contributed by atoms with Crippen molar-refractivity contribution < 1.29 is 9.59 Å². The molecule has 2 aliphatic rings. The van der Waals surface area contributed by atoms with Crippen molar-refractivity contribution in [2.24, 2.45) is 0 Å². The van der Waals surface area contributed by atoms with Crippen molar-refractivity contribution in [3.63, 3.8) is 0 Å². The maximum atomic E-state index is 13.6. The van der Waals surface area contributed by atoms with E-state index in [1.54, 1.807) is 4.90 Å². The van der Waals surface area contributed by atoms with Crippen molar-refractivity contribution in [3.05, 3.63) is 99.4 Å². The first-order chi connectivity index (χ1) is 19.5. The average molecular weight is 574 g/mol. The van der Waals surface area contributed by atoms with E-state index in [0.717, 1.165) is 34.7 Å². The average Bonchev–Trinajstić information content (AvgIpc) is 2.98. The number of para-hydroxylation sites is 1. The predicted molar refractivity (Wildman–Crippen MR) is 166 cm³/mol. The van der Waals surface area contributed by atoms with Crippen LogP contribution in [0, 0.1) is 0 Å². The Morgan fingerprint density at radius 1 is 1.07 bits per heavy atom. The molecule has 3 aromatic rings. The van der Waals surface area contributed by atoms with Crippen molar-refractivity contribution in [2.75, 3.05) is 24.5 Å². The zero-order chi connectivity index (χ0) is 27.9. The smallest absolute Gasteiger partial charge is 0.265 e. The molecule has 2 aliphatic heterocycles. The maximum absolute atomic E-state index is 13.6. The van der Waals surface area contributed by atoms with Crippen LogP contribution in [0.25, 0.3) is 6.08 Å². The molecule has 2 amide bonds. The summed E-state index contributed by atoms with van der Waals surface area (Å²) in [5.74, 6) is -0.112. The van der Waals surface area contributed by atoms with Gasteiger partial charge in [0.1, 0.15) is 0 Å². The number of thioether (sulfide) groups is 1. The summed E-state index contributed by atoms with van der Waals surface area (Å²) in [5, 5.41) is 3.72. The van der Waals surface area contributed by atoms with Crippen LogP contribution < -0.4 is 10.2 Å². The third-order valence-corrected chi connectivity index (χ3v) is 8.97. The van der Waals surface area contributed by atoms with Crippen LogP contribution in [0.15, 0.2) is 82.6 Å². The minimum atomic E-state index is -0.0605. The van der Waals surface area contributed by atoms with Crippen molar-refractivity contribution in [2.45, 2.75) is 56.5 Å². The SMILES string of the molecule is CC[C@@H]1CCCCN1CCCNC(=O)c1ccc(/C=C2/Sc3ccccc3N(Cc3cccc(Cl)c3)C2=O)cc1. The lowest BCUT2D eigenvalue weighted by Crippen LogP contribution is -2.40. The van der Waals surface area contributed by atoms with Gasteiger partial charge >= 0.3 is 0 Å². The molecule has 1 fully saturated rings. The van der Waals surface area contributed by atoms with E-state index < -0.39 is 0 Å². The largest absolute Gasteiger partial charge is 0.352 e. The van der Waals surface area contributed by atoms with Gasteiger partial charge in [-0.3, -0.25) is 9.59 Å². The van der Waals surface area contributed by atoms with E-state index >= 15 is 0 Å². The highest BCUT2D eigenvalue weighted by Gasteiger charge is 2.29. The van der Waals surface area contributed by atoms with Crippen LogP contribution in [0.5, 0.6) is 0 Å². The number of carbonyl (C=O) groups is 2. The van der Waals surface area contributed by atoms with Gasteiger partial charge < -0.3 is 15.1 Å². The van der Waals surface area contributed by atoms with Gasteiger partial charge in [0.05, 0.1) is 17.1 Å². The summed E-state index contributed by atoms with van der Waals surface area (Å²) in [7, 11) is 0. The number of nitrogens with zero attached hydrogens (tertiary/aromatic N) is 2. The Kier molecular flexibility index (Phi) is 9.63. The van der Waals surface area contributed by atoms with Crippen LogP contribution in [0.2, 0.25) is 5.02 Å². The van der Waals surface area contributed by atoms with Crippen LogP contribution in [-0.4, -0.2) is 42.4 Å². The standard InChI is InChI=1S/C33H36ClN3O2S/c1-2-28-11-5-6-19-36(28)20-8-18-35-32(38)26-16-14-24(15-17-26)22-31-33(39)37(23-25-9-7-10-27(34)21-25)29-12-3-4-13-30(29)40-31/h3-4,7,9-10,12-17,21-22,28H,2,5-6,8,11,18-20,23H2,1H3,(H,35,38)/b31-22+/t28-/m1/s1. The lowest BCUT2D eigenvalue weighted by Gasteiger charge is -2.35. The molecule has 0 aliphatic carbocycles. The molecule has 0 bridgehead atoms. The van der Waals surface area contributed by atoms with Crippen LogP contribution in [-0.2, 0) is 11.3 Å². The van der Waals surface area contributed by atoms with E-state index in [9.17, 15) is 9.59 Å². The molecule has 1 atom stereocenters. The van der Waals surface area contributed by atoms with E-state index in [1.165, 1.54) is 44.0 Å². The van der Waals surface area contributed by atoms with E-state index in [0.29, 0.717) is 34.6 Å². The second-order valence-electron chi connectivity index (χ2n) is 10.4. The number of amides is 2. The zero-order valence-electron chi connectivity index (χ0n) is 22.9. The number of anilines is 1. The maximum Gasteiger partial charge on any atom is 0.265 e. The van der Waals surface area contributed by atoms with E-state index in [2.05, 4.69) is 17.1 Å². The molecular formula is C33H36ClN3O2S. The number of hydrogen-bond acceptors (Lipinski definition) is 4. The van der Waals surface area contributed by atoms with Gasteiger partial charge in [-0.25, -0.2) is 0 Å². The van der Waals surface area contributed by atoms with Crippen molar-refractivity contribution in [1.82, 2.24) is 10.2 Å². The summed E-state index contributed by atoms with van der Waals surface area (Å²) in [5.41, 5.74) is 3.37. The summed E-state index contributed by atoms with van der Waals surface area (Å²) in [6.07, 6.45) is 7.96. The quantitative estimate of drug-likeness (QED) is 0.214. The van der Waals surface area contributed by atoms with Crippen LogP contribution >= 0.6 is 23.4 Å². The van der Waals surface area contributed by atoms with Crippen molar-refractivity contribution in [3.8, 4) is 0 Å². The Balaban J connectivity index is 1.22. The monoisotopic (exact) mass is 573 g/mol. The van der Waals surface area contributed by atoms with Gasteiger partial charge in [0, 0.05) is 34.6 Å². The van der Waals surface area contributed by atoms with Crippen LogP contribution in [0.4, 0.5) is 5.69 Å². The molecule has 0 aromatic heterocycles. The fraction of sp³-hybridized carbons (Fsp3) is 0.333. The Morgan fingerprint density at radius 2 is 1.90 bits per heavy atom. The molecule has 0 saturated carbocycles. The molecule has 1 N–H and O–H groups in total. The number of fused-ring (bicyclic) bond motifs is 1. The van der Waals surface area contributed by atoms with Crippen LogP contribution in [0.1, 0.15) is 60.5 Å². The molecule has 7 heteroatoms. The van der Waals surface area contributed by atoms with Gasteiger partial charge in [0.25, 0.3) is 11.8 Å². The second kappa shape index (κ2) is 13.5. The van der Waals surface area contributed by atoms with Gasteiger partial charge in [-0.15, -0.1) is 0 Å². The number of likely N-dealkylation sites (tertiary alicyclic amines) is 1. The van der Waals surface area contributed by atoms with E-state index in [-0.39, 0.29) is 11.8 Å². The highest BCUT2D eigenvalue weighted by molar-refractivity contribution is 8.04. The molecule has 5 nitrogen and oxygen atoms in total. The van der Waals surface area contributed by atoms with E-state index in [4.69, 9.17) is 11.6 Å². The first-order valence-electron chi connectivity index (χ1n) is 14.2. The summed E-state index contributed by atoms with van der Waals surface area (Å²) < 4.78 is 0. The molecule has 5 rings (SSSR count). The predicted octanol–water partition coefficient (Wildman–Crippen LogP) is 7.40. The van der Waals surface area contributed by atoms with Crippen molar-refractivity contribution in [1.29, 1.82) is 0 Å². The number of nitrogens with one attached hydrogen (secondary N) is 1. The molecule has 208 valence electrons. The molecule has 0 unspecified atom stereocenters. The van der Waals surface area contributed by atoms with Gasteiger partial charge in [-0.2, -0.15) is 0 Å². The second-order valence-corrected chi connectivity index (χ2v) is 11.9. The van der Waals surface area contributed by atoms with Gasteiger partial charge in [0.2, 0.25) is 0 Å².